The average Bonchev–Trinajstić information content (AvgIpc) is 2.54. The summed E-state index contributed by atoms with van der Waals surface area (Å²) in [5.74, 6) is 0.00916. The minimum absolute atomic E-state index is 0.00916. The van der Waals surface area contributed by atoms with Gasteiger partial charge >= 0.3 is 6.61 Å². The Bertz CT molecular complexity index is 901. The first kappa shape index (κ1) is 19.6. The van der Waals surface area contributed by atoms with Gasteiger partial charge in [-0.1, -0.05) is 12.1 Å². The summed E-state index contributed by atoms with van der Waals surface area (Å²) in [5, 5.41) is 11.3. The Balaban J connectivity index is 2.26. The predicted octanol–water partition coefficient (Wildman–Crippen LogP) is 3.24. The third-order valence-corrected chi connectivity index (χ3v) is 4.66. The van der Waals surface area contributed by atoms with E-state index in [0.717, 1.165) is 12.3 Å². The van der Waals surface area contributed by atoms with Crippen molar-refractivity contribution >= 4 is 21.2 Å². The molecule has 0 bridgehead atoms. The van der Waals surface area contributed by atoms with E-state index in [2.05, 4.69) is 4.74 Å². The van der Waals surface area contributed by atoms with Crippen LogP contribution in [-0.4, -0.2) is 33.3 Å². The van der Waals surface area contributed by atoms with Gasteiger partial charge in [-0.05, 0) is 29.8 Å². The lowest BCUT2D eigenvalue weighted by atomic mass is 10.2. The SMILES string of the molecule is CN(Cc1ccc(OC(F)F)cc1)c1ccc(S(C)(=O)=O)cc1[N+](=O)[O-]. The number of benzene rings is 2. The molecule has 0 aliphatic carbocycles. The van der Waals surface area contributed by atoms with Crippen molar-refractivity contribution in [1.29, 1.82) is 0 Å². The Morgan fingerprint density at radius 1 is 1.19 bits per heavy atom. The molecule has 0 aliphatic heterocycles. The van der Waals surface area contributed by atoms with Gasteiger partial charge in [-0.15, -0.1) is 0 Å². The molecule has 2 rings (SSSR count). The van der Waals surface area contributed by atoms with Gasteiger partial charge in [0.2, 0.25) is 0 Å². The van der Waals surface area contributed by atoms with Gasteiger partial charge in [0.05, 0.1) is 9.82 Å². The van der Waals surface area contributed by atoms with Gasteiger partial charge in [0, 0.05) is 25.9 Å². The summed E-state index contributed by atoms with van der Waals surface area (Å²) in [6, 6.07) is 9.54. The largest absolute Gasteiger partial charge is 0.435 e. The highest BCUT2D eigenvalue weighted by molar-refractivity contribution is 7.90. The van der Waals surface area contributed by atoms with Crippen LogP contribution in [-0.2, 0) is 16.4 Å². The third-order valence-electron chi connectivity index (χ3n) is 3.55. The third kappa shape index (κ3) is 4.88. The molecule has 0 amide bonds. The molecular weight excluding hydrogens is 370 g/mol. The van der Waals surface area contributed by atoms with Gasteiger partial charge in [0.25, 0.3) is 5.69 Å². The second-order valence-corrected chi connectivity index (χ2v) is 7.57. The fourth-order valence-electron chi connectivity index (χ4n) is 2.34. The molecule has 0 saturated carbocycles. The molecule has 0 heterocycles. The van der Waals surface area contributed by atoms with Crippen molar-refractivity contribution in [3.05, 3.63) is 58.1 Å². The summed E-state index contributed by atoms with van der Waals surface area (Å²) in [7, 11) is -1.97. The van der Waals surface area contributed by atoms with Gasteiger partial charge in [0.1, 0.15) is 11.4 Å². The molecule has 10 heteroatoms. The molecule has 0 atom stereocenters. The molecule has 0 radical (unpaired) electrons. The zero-order chi connectivity index (χ0) is 19.5. The van der Waals surface area contributed by atoms with Crippen LogP contribution in [0.2, 0.25) is 0 Å². The van der Waals surface area contributed by atoms with Crippen molar-refractivity contribution in [2.45, 2.75) is 18.1 Å². The molecule has 0 aromatic heterocycles. The molecule has 2 aromatic carbocycles. The summed E-state index contributed by atoms with van der Waals surface area (Å²) in [6.45, 7) is -2.67. The smallest absolute Gasteiger partial charge is 0.387 e. The first-order valence-corrected chi connectivity index (χ1v) is 9.20. The van der Waals surface area contributed by atoms with Crippen molar-refractivity contribution in [2.24, 2.45) is 0 Å². The number of hydrogen-bond acceptors (Lipinski definition) is 6. The van der Waals surface area contributed by atoms with Crippen LogP contribution in [0.3, 0.4) is 0 Å². The fraction of sp³-hybridized carbons (Fsp3) is 0.250. The van der Waals surface area contributed by atoms with E-state index in [9.17, 15) is 27.3 Å². The number of rotatable bonds is 7. The van der Waals surface area contributed by atoms with Gasteiger partial charge in [-0.25, -0.2) is 8.42 Å². The van der Waals surface area contributed by atoms with Crippen LogP contribution >= 0.6 is 0 Å². The van der Waals surface area contributed by atoms with Crippen LogP contribution in [0.1, 0.15) is 5.56 Å². The number of sulfone groups is 1. The van der Waals surface area contributed by atoms with Gasteiger partial charge in [-0.2, -0.15) is 8.78 Å². The topological polar surface area (TPSA) is 89.8 Å². The van der Waals surface area contributed by atoms with E-state index < -0.39 is 21.4 Å². The van der Waals surface area contributed by atoms with Crippen LogP contribution in [0.15, 0.2) is 47.4 Å². The maximum Gasteiger partial charge on any atom is 0.387 e. The molecule has 0 unspecified atom stereocenters. The number of anilines is 1. The predicted molar refractivity (Wildman–Crippen MR) is 91.4 cm³/mol. The quantitative estimate of drug-likeness (QED) is 0.536. The number of halogens is 2. The number of nitro benzene ring substituents is 1. The monoisotopic (exact) mass is 386 g/mol. The fourth-order valence-corrected chi connectivity index (χ4v) is 2.98. The van der Waals surface area contributed by atoms with E-state index in [1.807, 2.05) is 0 Å². The van der Waals surface area contributed by atoms with Crippen molar-refractivity contribution in [1.82, 2.24) is 0 Å². The number of hydrogen-bond donors (Lipinski definition) is 0. The van der Waals surface area contributed by atoms with Gasteiger partial charge < -0.3 is 9.64 Å². The van der Waals surface area contributed by atoms with Crippen LogP contribution in [0.25, 0.3) is 0 Å². The minimum atomic E-state index is -3.57. The zero-order valence-electron chi connectivity index (χ0n) is 13.9. The first-order valence-electron chi connectivity index (χ1n) is 7.31. The standard InChI is InChI=1S/C16H16F2N2O5S/c1-19(10-11-3-5-12(6-4-11)25-16(17)18)14-8-7-13(26(2,23)24)9-15(14)20(21)22/h3-9,16H,10H2,1-2H3. The average molecular weight is 386 g/mol. The molecule has 0 spiro atoms. The summed E-state index contributed by atoms with van der Waals surface area (Å²) >= 11 is 0. The molecule has 2 aromatic rings. The van der Waals surface area contributed by atoms with Gasteiger partial charge in [-0.3, -0.25) is 10.1 Å². The van der Waals surface area contributed by atoms with Crippen LogP contribution in [0, 0.1) is 10.1 Å². The van der Waals surface area contributed by atoms with E-state index in [0.29, 0.717) is 5.56 Å². The summed E-state index contributed by atoms with van der Waals surface area (Å²) in [4.78, 5) is 12.1. The van der Waals surface area contributed by atoms with Crippen molar-refractivity contribution < 1.29 is 26.9 Å². The molecule has 26 heavy (non-hydrogen) atoms. The number of alkyl halides is 2. The number of ether oxygens (including phenoxy) is 1. The highest BCUT2D eigenvalue weighted by atomic mass is 32.2. The molecule has 0 N–H and O–H groups in total. The molecule has 0 saturated heterocycles. The molecule has 0 fully saturated rings. The Kier molecular flexibility index (Phi) is 5.76. The highest BCUT2D eigenvalue weighted by Gasteiger charge is 2.21. The second-order valence-electron chi connectivity index (χ2n) is 5.56. The maximum absolute atomic E-state index is 12.2. The molecular formula is C16H16F2N2O5S. The minimum Gasteiger partial charge on any atom is -0.435 e. The Labute approximate surface area is 148 Å². The highest BCUT2D eigenvalue weighted by Crippen LogP contribution is 2.31. The van der Waals surface area contributed by atoms with Crippen LogP contribution in [0.4, 0.5) is 20.2 Å². The van der Waals surface area contributed by atoms with Crippen molar-refractivity contribution in [3.63, 3.8) is 0 Å². The molecule has 140 valence electrons. The van der Waals surface area contributed by atoms with Crippen molar-refractivity contribution in [3.8, 4) is 5.75 Å². The lowest BCUT2D eigenvalue weighted by molar-refractivity contribution is -0.384. The summed E-state index contributed by atoms with van der Waals surface area (Å²) in [5.41, 5.74) is 0.596. The number of nitrogens with zero attached hydrogens (tertiary/aromatic N) is 2. The van der Waals surface area contributed by atoms with Crippen molar-refractivity contribution in [2.75, 3.05) is 18.2 Å². The second kappa shape index (κ2) is 7.65. The summed E-state index contributed by atoms with van der Waals surface area (Å²) in [6.07, 6.45) is 0.971. The van der Waals surface area contributed by atoms with E-state index in [1.54, 1.807) is 24.1 Å². The van der Waals surface area contributed by atoms with E-state index in [1.165, 1.54) is 24.3 Å². The Morgan fingerprint density at radius 3 is 2.31 bits per heavy atom. The lowest BCUT2D eigenvalue weighted by Crippen LogP contribution is -2.18. The Morgan fingerprint density at radius 2 is 1.81 bits per heavy atom. The molecule has 0 aliphatic rings. The van der Waals surface area contributed by atoms with E-state index in [4.69, 9.17) is 0 Å². The maximum atomic E-state index is 12.2. The lowest BCUT2D eigenvalue weighted by Gasteiger charge is -2.20. The van der Waals surface area contributed by atoms with E-state index in [-0.39, 0.29) is 28.6 Å². The van der Waals surface area contributed by atoms with Gasteiger partial charge in [0.15, 0.2) is 9.84 Å². The zero-order valence-corrected chi connectivity index (χ0v) is 14.7. The Hall–Kier alpha value is -2.75. The van der Waals surface area contributed by atoms with Crippen LogP contribution in [0.5, 0.6) is 5.75 Å². The van der Waals surface area contributed by atoms with E-state index >= 15 is 0 Å². The van der Waals surface area contributed by atoms with Crippen LogP contribution < -0.4 is 9.64 Å². The normalized spacial score (nSPS) is 11.4. The summed E-state index contributed by atoms with van der Waals surface area (Å²) < 4.78 is 51.7. The molecule has 7 nitrogen and oxygen atoms in total. The first-order chi connectivity index (χ1) is 12.1. The number of nitro groups is 1.